The van der Waals surface area contributed by atoms with Gasteiger partial charge in [0.25, 0.3) is 11.8 Å². The molecule has 0 bridgehead atoms. The van der Waals surface area contributed by atoms with Crippen molar-refractivity contribution in [2.45, 2.75) is 18.3 Å². The number of hydroxylamine groups is 2. The lowest BCUT2D eigenvalue weighted by Crippen LogP contribution is -2.39. The van der Waals surface area contributed by atoms with E-state index in [4.69, 9.17) is 0 Å². The summed E-state index contributed by atoms with van der Waals surface area (Å²) in [7, 11) is 0. The highest BCUT2D eigenvalue weighted by molar-refractivity contribution is 7.95. The van der Waals surface area contributed by atoms with Crippen molar-refractivity contribution in [3.8, 4) is 11.8 Å². The van der Waals surface area contributed by atoms with Gasteiger partial charge in [-0.3, -0.25) is 9.59 Å². The number of hydrogen-bond acceptors (Lipinski definition) is 4. The van der Waals surface area contributed by atoms with Crippen LogP contribution in [-0.4, -0.2) is 22.4 Å². The molecule has 1 heterocycles. The number of nitrogens with zero attached hydrogens (tertiary/aromatic N) is 1. The van der Waals surface area contributed by atoms with E-state index >= 15 is 0 Å². The summed E-state index contributed by atoms with van der Waals surface area (Å²) < 4.78 is 41.5. The normalized spacial score (nSPS) is 16.7. The molecule has 0 unspecified atom stereocenters. The Morgan fingerprint density at radius 3 is 2.42 bits per heavy atom. The molecular formula is C18H10F3NO3S. The van der Waals surface area contributed by atoms with Gasteiger partial charge >= 0.3 is 5.51 Å². The van der Waals surface area contributed by atoms with Crippen LogP contribution >= 0.6 is 12.0 Å². The first kappa shape index (κ1) is 16.9. The van der Waals surface area contributed by atoms with Crippen molar-refractivity contribution in [1.82, 2.24) is 5.06 Å². The second-order valence-corrected chi connectivity index (χ2v) is 6.72. The number of carbonyl (C=O) groups excluding carboxylic acids is 2. The molecule has 2 amide bonds. The predicted molar refractivity (Wildman–Crippen MR) is 88.8 cm³/mol. The maximum Gasteiger partial charge on any atom is 0.470 e. The first-order valence-corrected chi connectivity index (χ1v) is 8.48. The number of benzene rings is 2. The molecule has 0 atom stereocenters. The zero-order valence-electron chi connectivity index (χ0n) is 13.1. The van der Waals surface area contributed by atoms with Gasteiger partial charge in [-0.15, -0.1) is 5.06 Å². The third kappa shape index (κ3) is 3.04. The van der Waals surface area contributed by atoms with Gasteiger partial charge in [0.1, 0.15) is 12.0 Å². The standard InChI is InChI=1S/C18H10F3NO3S/c19-18(20,21)26-25-22-16(23)13-3-1-2-12-11(7-6-10-4-5-10)8-9-14(15(12)13)17(22)24/h1-3,8-10H,4-5H2. The maximum atomic E-state index is 12.5. The van der Waals surface area contributed by atoms with Crippen LogP contribution in [-0.2, 0) is 4.28 Å². The Kier molecular flexibility index (Phi) is 3.93. The Bertz CT molecular complexity index is 980. The van der Waals surface area contributed by atoms with Crippen LogP contribution in [0.3, 0.4) is 0 Å². The summed E-state index contributed by atoms with van der Waals surface area (Å²) in [5.41, 5.74) is -3.85. The Morgan fingerprint density at radius 1 is 1.08 bits per heavy atom. The number of imide groups is 1. The lowest BCUT2D eigenvalue weighted by atomic mass is 9.92. The van der Waals surface area contributed by atoms with Crippen LogP contribution in [0, 0.1) is 17.8 Å². The van der Waals surface area contributed by atoms with Crippen molar-refractivity contribution in [2.24, 2.45) is 5.92 Å². The van der Waals surface area contributed by atoms with E-state index in [9.17, 15) is 22.8 Å². The molecule has 1 aliphatic carbocycles. The largest absolute Gasteiger partial charge is 0.470 e. The molecule has 2 aliphatic rings. The van der Waals surface area contributed by atoms with Gasteiger partial charge < -0.3 is 0 Å². The van der Waals surface area contributed by atoms with E-state index in [1.807, 2.05) is 0 Å². The minimum Gasteiger partial charge on any atom is -0.266 e. The molecular weight excluding hydrogens is 367 g/mol. The molecule has 8 heteroatoms. The Balaban J connectivity index is 1.79. The first-order valence-electron chi connectivity index (χ1n) is 7.74. The number of hydrogen-bond donors (Lipinski definition) is 0. The van der Waals surface area contributed by atoms with Crippen LogP contribution in [0.1, 0.15) is 39.1 Å². The quantitative estimate of drug-likeness (QED) is 0.445. The van der Waals surface area contributed by atoms with Crippen LogP contribution < -0.4 is 0 Å². The molecule has 0 saturated heterocycles. The van der Waals surface area contributed by atoms with E-state index in [-0.39, 0.29) is 16.2 Å². The average molecular weight is 377 g/mol. The molecule has 2 aromatic rings. The molecule has 2 aromatic carbocycles. The highest BCUT2D eigenvalue weighted by Crippen LogP contribution is 2.37. The van der Waals surface area contributed by atoms with Crippen molar-refractivity contribution >= 4 is 34.6 Å². The Morgan fingerprint density at radius 2 is 1.77 bits per heavy atom. The van der Waals surface area contributed by atoms with E-state index in [1.54, 1.807) is 18.2 Å². The molecule has 0 N–H and O–H groups in total. The average Bonchev–Trinajstić information content (AvgIpc) is 3.41. The van der Waals surface area contributed by atoms with E-state index < -0.39 is 29.4 Å². The molecule has 132 valence electrons. The fourth-order valence-electron chi connectivity index (χ4n) is 2.74. The minimum atomic E-state index is -4.74. The summed E-state index contributed by atoms with van der Waals surface area (Å²) in [5, 5.41) is 1.16. The second-order valence-electron chi connectivity index (χ2n) is 5.94. The third-order valence-electron chi connectivity index (χ3n) is 4.06. The summed E-state index contributed by atoms with van der Waals surface area (Å²) in [4.78, 5) is 25.0. The van der Waals surface area contributed by atoms with E-state index in [0.717, 1.165) is 12.8 Å². The van der Waals surface area contributed by atoms with Gasteiger partial charge in [-0.25, -0.2) is 0 Å². The molecule has 26 heavy (non-hydrogen) atoms. The fraction of sp³-hybridized carbons (Fsp3) is 0.222. The summed E-state index contributed by atoms with van der Waals surface area (Å²) in [6.07, 6.45) is 2.13. The summed E-state index contributed by atoms with van der Waals surface area (Å²) in [6, 6.07) is 7.90. The molecule has 1 fully saturated rings. The van der Waals surface area contributed by atoms with Crippen molar-refractivity contribution in [2.75, 3.05) is 0 Å². The monoisotopic (exact) mass is 377 g/mol. The Hall–Kier alpha value is -2.50. The predicted octanol–water partition coefficient (Wildman–Crippen LogP) is 4.30. The number of amides is 2. The number of carbonyl (C=O) groups is 2. The SMILES string of the molecule is O=C1c2cccc3c(C#CC4CC4)ccc(c23)C(=O)N1OSC(F)(F)F. The van der Waals surface area contributed by atoms with E-state index in [2.05, 4.69) is 16.1 Å². The van der Waals surface area contributed by atoms with Crippen LogP contribution in [0.5, 0.6) is 0 Å². The molecule has 0 radical (unpaired) electrons. The first-order chi connectivity index (χ1) is 12.3. The summed E-state index contributed by atoms with van der Waals surface area (Å²) >= 11 is -0.905. The third-order valence-corrected chi connectivity index (χ3v) is 4.48. The van der Waals surface area contributed by atoms with Crippen LogP contribution in [0.15, 0.2) is 30.3 Å². The van der Waals surface area contributed by atoms with Crippen molar-refractivity contribution in [3.05, 3.63) is 47.0 Å². The highest BCUT2D eigenvalue weighted by Gasteiger charge is 2.39. The highest BCUT2D eigenvalue weighted by atomic mass is 32.2. The van der Waals surface area contributed by atoms with Gasteiger partial charge in [-0.1, -0.05) is 24.0 Å². The zero-order chi connectivity index (χ0) is 18.5. The van der Waals surface area contributed by atoms with Crippen molar-refractivity contribution in [1.29, 1.82) is 0 Å². The van der Waals surface area contributed by atoms with Crippen LogP contribution in [0.25, 0.3) is 10.8 Å². The number of rotatable bonds is 2. The molecule has 1 aliphatic heterocycles. The van der Waals surface area contributed by atoms with Gasteiger partial charge in [-0.05, 0) is 36.4 Å². The van der Waals surface area contributed by atoms with E-state index in [1.165, 1.54) is 12.1 Å². The second kappa shape index (κ2) is 6.04. The Labute approximate surface area is 150 Å². The van der Waals surface area contributed by atoms with Gasteiger partial charge in [0, 0.05) is 16.9 Å². The summed E-state index contributed by atoms with van der Waals surface area (Å²) in [5.74, 6) is 4.71. The molecule has 0 aromatic heterocycles. The topological polar surface area (TPSA) is 46.6 Å². The molecule has 4 rings (SSSR count). The lowest BCUT2D eigenvalue weighted by molar-refractivity contribution is -0.0570. The molecule has 4 nitrogen and oxygen atoms in total. The smallest absolute Gasteiger partial charge is 0.266 e. The lowest BCUT2D eigenvalue weighted by Gasteiger charge is -2.25. The number of alkyl halides is 3. The molecule has 1 saturated carbocycles. The van der Waals surface area contributed by atoms with Crippen molar-refractivity contribution in [3.63, 3.8) is 0 Å². The van der Waals surface area contributed by atoms with Gasteiger partial charge in [0.05, 0.1) is 11.1 Å². The maximum absolute atomic E-state index is 12.5. The zero-order valence-corrected chi connectivity index (χ0v) is 13.9. The molecule has 0 spiro atoms. The van der Waals surface area contributed by atoms with Gasteiger partial charge in [0.15, 0.2) is 0 Å². The number of halogens is 3. The van der Waals surface area contributed by atoms with Crippen LogP contribution in [0.4, 0.5) is 13.2 Å². The summed E-state index contributed by atoms with van der Waals surface area (Å²) in [6.45, 7) is 0. The minimum absolute atomic E-state index is 0.106. The van der Waals surface area contributed by atoms with Gasteiger partial charge in [-0.2, -0.15) is 17.5 Å². The van der Waals surface area contributed by atoms with Gasteiger partial charge in [0.2, 0.25) is 0 Å². The van der Waals surface area contributed by atoms with Crippen molar-refractivity contribution < 1.29 is 27.0 Å². The fourth-order valence-corrected chi connectivity index (χ4v) is 3.03. The van der Waals surface area contributed by atoms with Crippen LogP contribution in [0.2, 0.25) is 0 Å². The van der Waals surface area contributed by atoms with E-state index in [0.29, 0.717) is 22.3 Å².